The monoisotopic (exact) mass is 399 g/mol. The highest BCUT2D eigenvalue weighted by atomic mass is 15.1. The number of hydrogen-bond acceptors (Lipinski definition) is 2. The molecule has 0 saturated carbocycles. The molecule has 2 aromatic heterocycles. The van der Waals surface area contributed by atoms with Crippen molar-refractivity contribution in [3.05, 3.63) is 102 Å². The number of fused-ring (bicyclic) bond motifs is 4. The molecule has 148 valence electrons. The summed E-state index contributed by atoms with van der Waals surface area (Å²) >= 11 is 0. The minimum absolute atomic E-state index is 1.11. The van der Waals surface area contributed by atoms with Crippen molar-refractivity contribution in [2.75, 3.05) is 0 Å². The molecule has 0 amide bonds. The summed E-state index contributed by atoms with van der Waals surface area (Å²) in [6.07, 6.45) is 3.69. The summed E-state index contributed by atoms with van der Waals surface area (Å²) < 4.78 is 2.39. The van der Waals surface area contributed by atoms with Crippen LogP contribution in [0.15, 0.2) is 91.3 Å². The van der Waals surface area contributed by atoms with Crippen molar-refractivity contribution < 1.29 is 0 Å². The Hall–Kier alpha value is -3.98. The van der Waals surface area contributed by atoms with Gasteiger partial charge in [-0.3, -0.25) is 0 Å². The lowest BCUT2D eigenvalue weighted by Gasteiger charge is -2.16. The Labute approximate surface area is 180 Å². The molecule has 2 heterocycles. The average Bonchev–Trinajstić information content (AvgIpc) is 3.14. The van der Waals surface area contributed by atoms with Gasteiger partial charge in [0.2, 0.25) is 0 Å². The summed E-state index contributed by atoms with van der Waals surface area (Å²) in [5.41, 5.74) is 8.61. The maximum absolute atomic E-state index is 4.12. The molecule has 0 radical (unpaired) electrons. The third kappa shape index (κ3) is 2.67. The highest BCUT2D eigenvalue weighted by Crippen LogP contribution is 2.36. The van der Waals surface area contributed by atoms with E-state index in [0.29, 0.717) is 0 Å². The highest BCUT2D eigenvalue weighted by Gasteiger charge is 2.15. The second kappa shape index (κ2) is 6.78. The Morgan fingerprint density at radius 1 is 0.581 bits per heavy atom. The SMILES string of the molecule is Cc1cc(-n2c3ccccc3c3ccccc32)c(C)cc1-c1cccc2cnncc12. The summed E-state index contributed by atoms with van der Waals surface area (Å²) in [7, 11) is 0. The lowest BCUT2D eigenvalue weighted by molar-refractivity contribution is 1.05. The Balaban J connectivity index is 1.64. The van der Waals surface area contributed by atoms with Crippen molar-refractivity contribution in [2.45, 2.75) is 13.8 Å². The maximum atomic E-state index is 4.12. The number of nitrogens with zero attached hydrogens (tertiary/aromatic N) is 3. The van der Waals surface area contributed by atoms with Crippen molar-refractivity contribution in [3.63, 3.8) is 0 Å². The first-order chi connectivity index (χ1) is 15.2. The fourth-order valence-electron chi connectivity index (χ4n) is 4.78. The second-order valence-electron chi connectivity index (χ2n) is 8.12. The van der Waals surface area contributed by atoms with Crippen molar-refractivity contribution in [1.29, 1.82) is 0 Å². The van der Waals surface area contributed by atoms with Gasteiger partial charge < -0.3 is 4.57 Å². The molecule has 0 fully saturated rings. The topological polar surface area (TPSA) is 30.7 Å². The van der Waals surface area contributed by atoms with E-state index in [-0.39, 0.29) is 0 Å². The fourth-order valence-corrected chi connectivity index (χ4v) is 4.78. The van der Waals surface area contributed by atoms with Gasteiger partial charge in [0.05, 0.1) is 23.4 Å². The van der Waals surface area contributed by atoms with Crippen LogP contribution in [0.2, 0.25) is 0 Å². The van der Waals surface area contributed by atoms with Crippen LogP contribution in [0.1, 0.15) is 11.1 Å². The van der Waals surface area contributed by atoms with Gasteiger partial charge in [-0.15, -0.1) is 0 Å². The number of rotatable bonds is 2. The zero-order chi connectivity index (χ0) is 20.9. The number of aromatic nitrogens is 3. The Morgan fingerprint density at radius 3 is 2.00 bits per heavy atom. The summed E-state index contributed by atoms with van der Waals surface area (Å²) in [6.45, 7) is 4.40. The molecule has 0 aliphatic rings. The first-order valence-corrected chi connectivity index (χ1v) is 10.5. The summed E-state index contributed by atoms with van der Waals surface area (Å²) in [5, 5.41) is 13.0. The fraction of sp³-hybridized carbons (Fsp3) is 0.0714. The molecule has 6 rings (SSSR count). The number of para-hydroxylation sites is 2. The molecule has 6 aromatic rings. The van der Waals surface area contributed by atoms with Gasteiger partial charge in [-0.2, -0.15) is 10.2 Å². The lowest BCUT2D eigenvalue weighted by Crippen LogP contribution is -1.99. The van der Waals surface area contributed by atoms with E-state index in [4.69, 9.17) is 0 Å². The van der Waals surface area contributed by atoms with Crippen LogP contribution in [-0.2, 0) is 0 Å². The molecular formula is C28H21N3. The highest BCUT2D eigenvalue weighted by molar-refractivity contribution is 6.09. The zero-order valence-corrected chi connectivity index (χ0v) is 17.5. The Bertz CT molecular complexity index is 1550. The molecule has 0 atom stereocenters. The molecule has 0 spiro atoms. The van der Waals surface area contributed by atoms with Crippen molar-refractivity contribution in [3.8, 4) is 16.8 Å². The third-order valence-electron chi connectivity index (χ3n) is 6.24. The van der Waals surface area contributed by atoms with Gasteiger partial charge in [-0.05, 0) is 60.4 Å². The average molecular weight is 399 g/mol. The molecule has 31 heavy (non-hydrogen) atoms. The largest absolute Gasteiger partial charge is 0.309 e. The van der Waals surface area contributed by atoms with Crippen LogP contribution in [-0.4, -0.2) is 14.8 Å². The van der Waals surface area contributed by atoms with Gasteiger partial charge in [-0.25, -0.2) is 0 Å². The molecule has 4 aromatic carbocycles. The van der Waals surface area contributed by atoms with E-state index in [1.165, 1.54) is 49.7 Å². The zero-order valence-electron chi connectivity index (χ0n) is 17.5. The first kappa shape index (κ1) is 17.8. The molecule has 0 aliphatic heterocycles. The molecular weight excluding hydrogens is 378 g/mol. The van der Waals surface area contributed by atoms with Gasteiger partial charge in [-0.1, -0.05) is 54.6 Å². The number of hydrogen-bond donors (Lipinski definition) is 0. The van der Waals surface area contributed by atoms with E-state index >= 15 is 0 Å². The maximum Gasteiger partial charge on any atom is 0.0580 e. The molecule has 3 heteroatoms. The predicted molar refractivity (Wildman–Crippen MR) is 129 cm³/mol. The quantitative estimate of drug-likeness (QED) is 0.313. The van der Waals surface area contributed by atoms with E-state index in [1.54, 1.807) is 0 Å². The molecule has 0 N–H and O–H groups in total. The Morgan fingerprint density at radius 2 is 1.26 bits per heavy atom. The van der Waals surface area contributed by atoms with Gasteiger partial charge in [0.15, 0.2) is 0 Å². The van der Waals surface area contributed by atoms with E-state index in [0.717, 1.165) is 10.8 Å². The van der Waals surface area contributed by atoms with E-state index in [9.17, 15) is 0 Å². The summed E-state index contributed by atoms with van der Waals surface area (Å²) in [5.74, 6) is 0. The van der Waals surface area contributed by atoms with Gasteiger partial charge >= 0.3 is 0 Å². The molecule has 0 saturated heterocycles. The molecule has 3 nitrogen and oxygen atoms in total. The minimum atomic E-state index is 1.11. The van der Waals surface area contributed by atoms with Gasteiger partial charge in [0.1, 0.15) is 0 Å². The number of aryl methyl sites for hydroxylation is 2. The predicted octanol–water partition coefficient (Wildman–Crippen LogP) is 7.01. The van der Waals surface area contributed by atoms with Crippen LogP contribution in [0.3, 0.4) is 0 Å². The first-order valence-electron chi connectivity index (χ1n) is 10.5. The van der Waals surface area contributed by atoms with Crippen LogP contribution >= 0.6 is 0 Å². The van der Waals surface area contributed by atoms with Crippen LogP contribution in [0.4, 0.5) is 0 Å². The van der Waals surface area contributed by atoms with E-state index in [1.807, 2.05) is 12.4 Å². The van der Waals surface area contributed by atoms with Crippen LogP contribution in [0.5, 0.6) is 0 Å². The van der Waals surface area contributed by atoms with Crippen molar-refractivity contribution in [2.24, 2.45) is 0 Å². The smallest absolute Gasteiger partial charge is 0.0580 e. The molecule has 0 unspecified atom stereocenters. The van der Waals surface area contributed by atoms with Gasteiger partial charge in [0.25, 0.3) is 0 Å². The van der Waals surface area contributed by atoms with E-state index < -0.39 is 0 Å². The molecule has 0 aliphatic carbocycles. The summed E-state index contributed by atoms with van der Waals surface area (Å²) in [4.78, 5) is 0. The second-order valence-corrected chi connectivity index (χ2v) is 8.12. The normalized spacial score (nSPS) is 11.5. The van der Waals surface area contributed by atoms with E-state index in [2.05, 4.69) is 107 Å². The number of benzene rings is 4. The molecule has 0 bridgehead atoms. The summed E-state index contributed by atoms with van der Waals surface area (Å²) in [6, 6.07) is 28.3. The van der Waals surface area contributed by atoms with Crippen LogP contribution in [0, 0.1) is 13.8 Å². The lowest BCUT2D eigenvalue weighted by atomic mass is 9.94. The Kier molecular flexibility index (Phi) is 3.90. The van der Waals surface area contributed by atoms with Crippen molar-refractivity contribution >= 4 is 32.6 Å². The van der Waals surface area contributed by atoms with Crippen LogP contribution in [0.25, 0.3) is 49.4 Å². The third-order valence-corrected chi connectivity index (χ3v) is 6.24. The van der Waals surface area contributed by atoms with Crippen molar-refractivity contribution in [1.82, 2.24) is 14.8 Å². The standard InChI is InChI=1S/C28H21N3/c1-18-15-28(31-26-12-5-3-9-22(26)23-10-4-6-13-27(23)31)19(2)14-24(18)21-11-7-8-20-16-29-30-17-25(20)21/h3-17H,1-2H3. The van der Waals surface area contributed by atoms with Crippen LogP contribution < -0.4 is 0 Å². The van der Waals surface area contributed by atoms with Gasteiger partial charge in [0, 0.05) is 27.2 Å². The minimum Gasteiger partial charge on any atom is -0.309 e.